The first-order chi connectivity index (χ1) is 6.38. The van der Waals surface area contributed by atoms with E-state index in [9.17, 15) is 9.59 Å². The van der Waals surface area contributed by atoms with Gasteiger partial charge in [0.2, 0.25) is 0 Å². The van der Waals surface area contributed by atoms with Crippen molar-refractivity contribution < 1.29 is 9.59 Å². The minimum atomic E-state index is 0.0520. The van der Waals surface area contributed by atoms with Gasteiger partial charge in [-0.1, -0.05) is 30.3 Å². The second-order valence-corrected chi connectivity index (χ2v) is 2.91. The van der Waals surface area contributed by atoms with E-state index in [1.54, 1.807) is 0 Å². The lowest BCUT2D eigenvalue weighted by Gasteiger charge is -2.10. The van der Waals surface area contributed by atoms with Gasteiger partial charge in [-0.05, 0) is 11.5 Å². The van der Waals surface area contributed by atoms with E-state index in [4.69, 9.17) is 0 Å². The Balaban J connectivity index is 2.75. The van der Waals surface area contributed by atoms with Crippen molar-refractivity contribution in [2.24, 2.45) is 0 Å². The van der Waals surface area contributed by atoms with Crippen molar-refractivity contribution in [3.63, 3.8) is 0 Å². The molecule has 0 spiro atoms. The van der Waals surface area contributed by atoms with Crippen LogP contribution in [-0.4, -0.2) is 12.6 Å². The monoisotopic (exact) mass is 176 g/mol. The highest BCUT2D eigenvalue weighted by molar-refractivity contribution is 5.57. The molecule has 0 aliphatic heterocycles. The van der Waals surface area contributed by atoms with Crippen LogP contribution in [0.3, 0.4) is 0 Å². The maximum absolute atomic E-state index is 10.3. The number of carbonyl (C=O) groups is 2. The summed E-state index contributed by atoms with van der Waals surface area (Å²) in [6.45, 7) is 0. The van der Waals surface area contributed by atoms with Crippen LogP contribution in [0.5, 0.6) is 0 Å². The van der Waals surface area contributed by atoms with Gasteiger partial charge in [0.15, 0.2) is 0 Å². The molecule has 2 nitrogen and oxygen atoms in total. The van der Waals surface area contributed by atoms with Gasteiger partial charge in [-0.2, -0.15) is 0 Å². The summed E-state index contributed by atoms with van der Waals surface area (Å²) in [6, 6.07) is 9.63. The Morgan fingerprint density at radius 2 is 1.54 bits per heavy atom. The Bertz CT molecular complexity index is 257. The van der Waals surface area contributed by atoms with Crippen molar-refractivity contribution in [1.82, 2.24) is 0 Å². The molecule has 0 aliphatic carbocycles. The normalized spacial score (nSPS) is 9.92. The van der Waals surface area contributed by atoms with Gasteiger partial charge in [-0.25, -0.2) is 0 Å². The van der Waals surface area contributed by atoms with Crippen LogP contribution >= 0.6 is 0 Å². The average molecular weight is 176 g/mol. The zero-order chi connectivity index (χ0) is 9.52. The van der Waals surface area contributed by atoms with Crippen LogP contribution < -0.4 is 0 Å². The number of hydrogen-bond acceptors (Lipinski definition) is 2. The molecule has 0 amide bonds. The van der Waals surface area contributed by atoms with Crippen LogP contribution in [0.4, 0.5) is 0 Å². The van der Waals surface area contributed by atoms with Gasteiger partial charge in [0.05, 0.1) is 0 Å². The van der Waals surface area contributed by atoms with Crippen molar-refractivity contribution >= 4 is 12.6 Å². The predicted octanol–water partition coefficient (Wildman–Crippen LogP) is 1.95. The van der Waals surface area contributed by atoms with E-state index in [2.05, 4.69) is 0 Å². The smallest absolute Gasteiger partial charge is 0.120 e. The fourth-order valence-electron chi connectivity index (χ4n) is 1.33. The fourth-order valence-corrected chi connectivity index (χ4v) is 1.33. The summed E-state index contributed by atoms with van der Waals surface area (Å²) in [5.74, 6) is 0.0520. The Hall–Kier alpha value is -1.44. The molecule has 1 rings (SSSR count). The summed E-state index contributed by atoms with van der Waals surface area (Å²) in [5, 5.41) is 0. The van der Waals surface area contributed by atoms with Gasteiger partial charge < -0.3 is 9.59 Å². The minimum absolute atomic E-state index is 0.0520. The van der Waals surface area contributed by atoms with Crippen LogP contribution in [0.2, 0.25) is 0 Å². The lowest BCUT2D eigenvalue weighted by Crippen LogP contribution is -2.00. The minimum Gasteiger partial charge on any atom is -0.303 e. The zero-order valence-electron chi connectivity index (χ0n) is 7.35. The van der Waals surface area contributed by atoms with Crippen LogP contribution in [0.25, 0.3) is 0 Å². The molecule has 0 aliphatic rings. The Kier molecular flexibility index (Phi) is 3.89. The summed E-state index contributed by atoms with van der Waals surface area (Å²) in [7, 11) is 0. The van der Waals surface area contributed by atoms with Crippen molar-refractivity contribution in [1.29, 1.82) is 0 Å². The molecule has 0 heterocycles. The predicted molar refractivity (Wildman–Crippen MR) is 50.5 cm³/mol. The van der Waals surface area contributed by atoms with E-state index >= 15 is 0 Å². The van der Waals surface area contributed by atoms with E-state index in [1.807, 2.05) is 30.3 Å². The van der Waals surface area contributed by atoms with Gasteiger partial charge >= 0.3 is 0 Å². The lowest BCUT2D eigenvalue weighted by atomic mass is 9.94. The highest BCUT2D eigenvalue weighted by Crippen LogP contribution is 2.20. The van der Waals surface area contributed by atoms with Crippen molar-refractivity contribution in [2.45, 2.75) is 18.8 Å². The first-order valence-corrected chi connectivity index (χ1v) is 4.30. The van der Waals surface area contributed by atoms with Gasteiger partial charge in [-0.15, -0.1) is 0 Å². The lowest BCUT2D eigenvalue weighted by molar-refractivity contribution is -0.109. The molecule has 13 heavy (non-hydrogen) atoms. The van der Waals surface area contributed by atoms with Crippen LogP contribution in [0, 0.1) is 0 Å². The summed E-state index contributed by atoms with van der Waals surface area (Å²) in [5.41, 5.74) is 1.06. The largest absolute Gasteiger partial charge is 0.303 e. The molecule has 0 saturated carbocycles. The summed E-state index contributed by atoms with van der Waals surface area (Å²) < 4.78 is 0. The third kappa shape index (κ3) is 2.82. The first-order valence-electron chi connectivity index (χ1n) is 4.30. The molecule has 1 aromatic rings. The Morgan fingerprint density at radius 3 is 2.00 bits per heavy atom. The third-order valence-electron chi connectivity index (χ3n) is 2.03. The average Bonchev–Trinajstić information content (AvgIpc) is 2.19. The van der Waals surface area contributed by atoms with E-state index in [0.717, 1.165) is 18.1 Å². The molecule has 0 N–H and O–H groups in total. The summed E-state index contributed by atoms with van der Waals surface area (Å²) in [4.78, 5) is 20.7. The van der Waals surface area contributed by atoms with E-state index in [-0.39, 0.29) is 5.92 Å². The fraction of sp³-hybridized carbons (Fsp3) is 0.273. The third-order valence-corrected chi connectivity index (χ3v) is 2.03. The zero-order valence-corrected chi connectivity index (χ0v) is 7.35. The van der Waals surface area contributed by atoms with Gasteiger partial charge in [-0.3, -0.25) is 0 Å². The molecule has 0 fully saturated rings. The van der Waals surface area contributed by atoms with Gasteiger partial charge in [0.1, 0.15) is 12.6 Å². The van der Waals surface area contributed by atoms with E-state index in [0.29, 0.717) is 12.8 Å². The number of carbonyl (C=O) groups excluding carboxylic acids is 2. The standard InChI is InChI=1S/C11H12O2/c12-8-6-11(7-9-13)10-4-2-1-3-5-10/h1-5,8-9,11H,6-7H2. The van der Waals surface area contributed by atoms with Crippen LogP contribution in [0.15, 0.2) is 30.3 Å². The van der Waals surface area contributed by atoms with Gasteiger partial charge in [0, 0.05) is 12.8 Å². The van der Waals surface area contributed by atoms with Crippen molar-refractivity contribution in [3.05, 3.63) is 35.9 Å². The van der Waals surface area contributed by atoms with Crippen LogP contribution in [-0.2, 0) is 9.59 Å². The van der Waals surface area contributed by atoms with E-state index < -0.39 is 0 Å². The molecule has 0 aromatic heterocycles. The molecule has 2 heteroatoms. The maximum atomic E-state index is 10.3. The SMILES string of the molecule is O=CCC(CC=O)c1ccccc1. The van der Waals surface area contributed by atoms with Gasteiger partial charge in [0.25, 0.3) is 0 Å². The molecule has 0 radical (unpaired) electrons. The summed E-state index contributed by atoms with van der Waals surface area (Å²) in [6.07, 6.45) is 2.56. The molecule has 68 valence electrons. The molecule has 0 saturated heterocycles. The molecule has 1 aromatic carbocycles. The first kappa shape index (κ1) is 9.65. The number of rotatable bonds is 5. The Labute approximate surface area is 77.6 Å². The van der Waals surface area contributed by atoms with Crippen LogP contribution in [0.1, 0.15) is 24.3 Å². The Morgan fingerprint density at radius 1 is 1.00 bits per heavy atom. The second kappa shape index (κ2) is 5.25. The quantitative estimate of drug-likeness (QED) is 0.642. The number of aldehydes is 2. The molecule has 0 bridgehead atoms. The molecule has 0 atom stereocenters. The molecular formula is C11H12O2. The number of hydrogen-bond donors (Lipinski definition) is 0. The number of benzene rings is 1. The summed E-state index contributed by atoms with van der Waals surface area (Å²) >= 11 is 0. The van der Waals surface area contributed by atoms with Crippen molar-refractivity contribution in [2.75, 3.05) is 0 Å². The second-order valence-electron chi connectivity index (χ2n) is 2.91. The topological polar surface area (TPSA) is 34.1 Å². The highest BCUT2D eigenvalue weighted by Gasteiger charge is 2.09. The maximum Gasteiger partial charge on any atom is 0.120 e. The van der Waals surface area contributed by atoms with E-state index in [1.165, 1.54) is 0 Å². The highest BCUT2D eigenvalue weighted by atomic mass is 16.1. The van der Waals surface area contributed by atoms with Crippen molar-refractivity contribution in [3.8, 4) is 0 Å². The molecule has 0 unspecified atom stereocenters. The molecular weight excluding hydrogens is 164 g/mol.